The number of rotatable bonds is 6. The number of benzene rings is 1. The molecule has 1 aliphatic carbocycles. The summed E-state index contributed by atoms with van der Waals surface area (Å²) >= 11 is 1.53. The second-order valence-corrected chi connectivity index (χ2v) is 8.14. The Kier molecular flexibility index (Phi) is 6.23. The highest BCUT2D eigenvalue weighted by Crippen LogP contribution is 2.24. The van der Waals surface area contributed by atoms with Crippen LogP contribution < -0.4 is 0 Å². The van der Waals surface area contributed by atoms with Crippen LogP contribution in [-0.4, -0.2) is 40.0 Å². The minimum atomic E-state index is -0.585. The molecule has 1 saturated carbocycles. The van der Waals surface area contributed by atoms with E-state index in [1.807, 2.05) is 23.9 Å². The van der Waals surface area contributed by atoms with Gasteiger partial charge in [0.2, 0.25) is 5.82 Å². The fourth-order valence-electron chi connectivity index (χ4n) is 3.70. The largest absolute Gasteiger partial charge is 0.454 e. The van der Waals surface area contributed by atoms with Crippen molar-refractivity contribution >= 4 is 23.2 Å². The standard InChI is InChI=1S/C22H23N3O4S/c1-25(16-7-3-2-4-8-16)21(26)17-9-5-6-10-18(17)22(27)28-13-19-23-20(29-24-19)15-11-12-30-14-15/h5-6,9-12,14,16H,2-4,7-8,13H2,1H3. The van der Waals surface area contributed by atoms with E-state index < -0.39 is 5.97 Å². The van der Waals surface area contributed by atoms with Gasteiger partial charge >= 0.3 is 5.97 Å². The molecule has 7 nitrogen and oxygen atoms in total. The third-order valence-electron chi connectivity index (χ3n) is 5.39. The molecule has 0 N–H and O–H groups in total. The lowest BCUT2D eigenvalue weighted by Crippen LogP contribution is -2.38. The number of hydrogen-bond donors (Lipinski definition) is 0. The van der Waals surface area contributed by atoms with Crippen LogP contribution in [0.25, 0.3) is 11.5 Å². The fraction of sp³-hybridized carbons (Fsp3) is 0.364. The lowest BCUT2D eigenvalue weighted by molar-refractivity contribution is 0.0452. The molecule has 0 saturated heterocycles. The fourth-order valence-corrected chi connectivity index (χ4v) is 4.33. The van der Waals surface area contributed by atoms with Gasteiger partial charge in [0.25, 0.3) is 11.8 Å². The van der Waals surface area contributed by atoms with Crippen LogP contribution in [0.15, 0.2) is 45.6 Å². The second-order valence-electron chi connectivity index (χ2n) is 7.36. The number of aromatic nitrogens is 2. The van der Waals surface area contributed by atoms with Gasteiger partial charge in [0.05, 0.1) is 16.7 Å². The Morgan fingerprint density at radius 3 is 2.67 bits per heavy atom. The van der Waals surface area contributed by atoms with E-state index in [9.17, 15) is 9.59 Å². The summed E-state index contributed by atoms with van der Waals surface area (Å²) in [5.74, 6) is -0.0914. The van der Waals surface area contributed by atoms with Gasteiger partial charge in [-0.3, -0.25) is 4.79 Å². The lowest BCUT2D eigenvalue weighted by atomic mass is 9.94. The minimum absolute atomic E-state index is 0.131. The summed E-state index contributed by atoms with van der Waals surface area (Å²) in [6.07, 6.45) is 5.47. The third kappa shape index (κ3) is 4.43. The van der Waals surface area contributed by atoms with E-state index in [1.54, 1.807) is 29.2 Å². The van der Waals surface area contributed by atoms with Crippen molar-refractivity contribution in [2.45, 2.75) is 44.8 Å². The van der Waals surface area contributed by atoms with E-state index in [4.69, 9.17) is 9.26 Å². The molecule has 8 heteroatoms. The number of carbonyl (C=O) groups is 2. The average molecular weight is 426 g/mol. The maximum absolute atomic E-state index is 13.1. The number of carbonyl (C=O) groups excluding carboxylic acids is 2. The van der Waals surface area contributed by atoms with Crippen LogP contribution in [0.2, 0.25) is 0 Å². The summed E-state index contributed by atoms with van der Waals surface area (Å²) in [5, 5.41) is 7.66. The zero-order valence-electron chi connectivity index (χ0n) is 16.7. The number of thiophene rings is 1. The number of hydrogen-bond acceptors (Lipinski definition) is 7. The van der Waals surface area contributed by atoms with Crippen molar-refractivity contribution in [2.75, 3.05) is 7.05 Å². The summed E-state index contributed by atoms with van der Waals surface area (Å²) in [6, 6.07) is 8.84. The molecule has 4 rings (SSSR count). The monoisotopic (exact) mass is 425 g/mol. The van der Waals surface area contributed by atoms with Gasteiger partial charge < -0.3 is 14.2 Å². The quantitative estimate of drug-likeness (QED) is 0.538. The summed E-state index contributed by atoms with van der Waals surface area (Å²) in [6.45, 7) is -0.131. The zero-order chi connectivity index (χ0) is 20.9. The SMILES string of the molecule is CN(C(=O)c1ccccc1C(=O)OCc1noc(-c2ccsc2)n1)C1CCCCC1. The maximum atomic E-state index is 13.1. The van der Waals surface area contributed by atoms with E-state index in [0.29, 0.717) is 11.5 Å². The summed E-state index contributed by atoms with van der Waals surface area (Å²) in [5.41, 5.74) is 1.42. The van der Waals surface area contributed by atoms with Gasteiger partial charge in [-0.15, -0.1) is 0 Å². The predicted octanol–water partition coefficient (Wildman–Crippen LogP) is 4.56. The Morgan fingerprint density at radius 1 is 1.17 bits per heavy atom. The summed E-state index contributed by atoms with van der Waals surface area (Å²) in [7, 11) is 1.81. The van der Waals surface area contributed by atoms with Crippen LogP contribution in [0.4, 0.5) is 0 Å². The highest BCUT2D eigenvalue weighted by molar-refractivity contribution is 7.08. The van der Waals surface area contributed by atoms with Crippen molar-refractivity contribution in [2.24, 2.45) is 0 Å². The molecule has 0 radical (unpaired) electrons. The van der Waals surface area contributed by atoms with E-state index >= 15 is 0 Å². The molecule has 0 unspecified atom stereocenters. The zero-order valence-corrected chi connectivity index (χ0v) is 17.6. The van der Waals surface area contributed by atoms with E-state index in [-0.39, 0.29) is 29.9 Å². The molecule has 0 aliphatic heterocycles. The van der Waals surface area contributed by atoms with Gasteiger partial charge in [0, 0.05) is 18.5 Å². The molecule has 2 aromatic heterocycles. The van der Waals surface area contributed by atoms with Crippen LogP contribution >= 0.6 is 11.3 Å². The van der Waals surface area contributed by atoms with Crippen molar-refractivity contribution < 1.29 is 18.8 Å². The Bertz CT molecular complexity index is 1010. The number of esters is 1. The maximum Gasteiger partial charge on any atom is 0.339 e. The molecule has 2 heterocycles. The van der Waals surface area contributed by atoms with Crippen LogP contribution in [-0.2, 0) is 11.3 Å². The van der Waals surface area contributed by atoms with Gasteiger partial charge in [-0.2, -0.15) is 16.3 Å². The molecule has 0 atom stereocenters. The number of nitrogens with zero attached hydrogens (tertiary/aromatic N) is 3. The molecule has 1 amide bonds. The first kappa shape index (κ1) is 20.3. The van der Waals surface area contributed by atoms with Gasteiger partial charge in [-0.05, 0) is 36.4 Å². The molecule has 0 bridgehead atoms. The molecule has 0 spiro atoms. The highest BCUT2D eigenvalue weighted by atomic mass is 32.1. The number of ether oxygens (including phenoxy) is 1. The predicted molar refractivity (Wildman–Crippen MR) is 112 cm³/mol. The molecular formula is C22H23N3O4S. The normalized spacial score (nSPS) is 14.4. The van der Waals surface area contributed by atoms with Crippen LogP contribution in [0.3, 0.4) is 0 Å². The van der Waals surface area contributed by atoms with Crippen molar-refractivity contribution in [3.05, 3.63) is 58.0 Å². The Hall–Kier alpha value is -3.00. The van der Waals surface area contributed by atoms with Gasteiger partial charge in [-0.1, -0.05) is 36.6 Å². The molecule has 30 heavy (non-hydrogen) atoms. The van der Waals surface area contributed by atoms with Crippen LogP contribution in [0.5, 0.6) is 0 Å². The minimum Gasteiger partial charge on any atom is -0.454 e. The lowest BCUT2D eigenvalue weighted by Gasteiger charge is -2.31. The van der Waals surface area contributed by atoms with Gasteiger partial charge in [0.15, 0.2) is 6.61 Å². The molecule has 1 fully saturated rings. The van der Waals surface area contributed by atoms with Gasteiger partial charge in [-0.25, -0.2) is 4.79 Å². The molecule has 3 aromatic rings. The Balaban J connectivity index is 1.44. The second kappa shape index (κ2) is 9.21. The van der Waals surface area contributed by atoms with Crippen molar-refractivity contribution in [3.63, 3.8) is 0 Å². The summed E-state index contributed by atoms with van der Waals surface area (Å²) in [4.78, 5) is 31.8. The average Bonchev–Trinajstić information content (AvgIpc) is 3.49. The van der Waals surface area contributed by atoms with E-state index in [1.165, 1.54) is 17.8 Å². The van der Waals surface area contributed by atoms with E-state index in [0.717, 1.165) is 31.2 Å². The Labute approximate surface area is 178 Å². The highest BCUT2D eigenvalue weighted by Gasteiger charge is 2.26. The first-order chi connectivity index (χ1) is 14.6. The smallest absolute Gasteiger partial charge is 0.339 e. The molecular weight excluding hydrogens is 402 g/mol. The third-order valence-corrected chi connectivity index (χ3v) is 6.07. The van der Waals surface area contributed by atoms with Crippen molar-refractivity contribution in [1.29, 1.82) is 0 Å². The molecule has 1 aromatic carbocycles. The van der Waals surface area contributed by atoms with Crippen molar-refractivity contribution in [3.8, 4) is 11.5 Å². The molecule has 156 valence electrons. The molecule has 1 aliphatic rings. The Morgan fingerprint density at radius 2 is 1.93 bits per heavy atom. The topological polar surface area (TPSA) is 85.5 Å². The van der Waals surface area contributed by atoms with E-state index in [2.05, 4.69) is 10.1 Å². The number of amides is 1. The van der Waals surface area contributed by atoms with Crippen LogP contribution in [0, 0.1) is 0 Å². The van der Waals surface area contributed by atoms with Crippen molar-refractivity contribution in [1.82, 2.24) is 15.0 Å². The first-order valence-corrected chi connectivity index (χ1v) is 11.0. The summed E-state index contributed by atoms with van der Waals surface area (Å²) < 4.78 is 10.6. The van der Waals surface area contributed by atoms with Crippen LogP contribution in [0.1, 0.15) is 58.6 Å². The first-order valence-electron chi connectivity index (χ1n) is 10.0. The van der Waals surface area contributed by atoms with Gasteiger partial charge in [0.1, 0.15) is 0 Å².